The lowest BCUT2D eigenvalue weighted by Gasteiger charge is -2.30. The fourth-order valence-corrected chi connectivity index (χ4v) is 5.84. The molecular weight excluding hydrogens is 374 g/mol. The van der Waals surface area contributed by atoms with Crippen molar-refractivity contribution in [2.45, 2.75) is 51.0 Å². The van der Waals surface area contributed by atoms with Gasteiger partial charge in [0.2, 0.25) is 12.3 Å². The predicted octanol–water partition coefficient (Wildman–Crippen LogP) is 4.00. The van der Waals surface area contributed by atoms with Crippen molar-refractivity contribution in [2.75, 3.05) is 13.1 Å². The van der Waals surface area contributed by atoms with Crippen molar-refractivity contribution in [3.8, 4) is 0 Å². The number of fused-ring (bicyclic) bond motifs is 1. The second-order valence-electron chi connectivity index (χ2n) is 8.02. The summed E-state index contributed by atoms with van der Waals surface area (Å²) in [4.78, 5) is 31.1. The van der Waals surface area contributed by atoms with Gasteiger partial charge in [-0.2, -0.15) is 0 Å². The Morgan fingerprint density at radius 2 is 2.07 bits per heavy atom. The molecule has 2 aromatic rings. The summed E-state index contributed by atoms with van der Waals surface area (Å²) in [6, 6.07) is 8.06. The average Bonchev–Trinajstić information content (AvgIpc) is 3.45. The largest absolute Gasteiger partial charge is 0.333 e. The Morgan fingerprint density at radius 1 is 1.29 bits per heavy atom. The van der Waals surface area contributed by atoms with E-state index in [-0.39, 0.29) is 24.4 Å². The van der Waals surface area contributed by atoms with Crippen LogP contribution in [-0.4, -0.2) is 45.6 Å². The van der Waals surface area contributed by atoms with Crippen LogP contribution < -0.4 is 0 Å². The second kappa shape index (κ2) is 8.57. The number of benzene rings is 1. The Morgan fingerprint density at radius 3 is 2.82 bits per heavy atom. The summed E-state index contributed by atoms with van der Waals surface area (Å²) in [5.74, 6) is 0.209. The van der Waals surface area contributed by atoms with Crippen LogP contribution in [0.25, 0.3) is 10.2 Å². The van der Waals surface area contributed by atoms with E-state index < -0.39 is 0 Å². The highest BCUT2D eigenvalue weighted by Gasteiger charge is 2.37. The van der Waals surface area contributed by atoms with Crippen LogP contribution in [-0.2, 0) is 9.59 Å². The van der Waals surface area contributed by atoms with Crippen molar-refractivity contribution in [1.82, 2.24) is 14.9 Å². The third kappa shape index (κ3) is 4.05. The maximum absolute atomic E-state index is 13.4. The number of carbonyl (C=O) groups excluding carboxylic acids is 2. The zero-order chi connectivity index (χ0) is 19.5. The van der Waals surface area contributed by atoms with Gasteiger partial charge in [-0.05, 0) is 37.3 Å². The number of hydroxylamine groups is 2. The first-order valence-corrected chi connectivity index (χ1v) is 11.0. The maximum Gasteiger partial charge on any atom is 0.233 e. The molecule has 2 fully saturated rings. The number of aromatic nitrogens is 1. The molecule has 0 radical (unpaired) electrons. The van der Waals surface area contributed by atoms with Gasteiger partial charge >= 0.3 is 0 Å². The van der Waals surface area contributed by atoms with Gasteiger partial charge in [0.05, 0.1) is 28.7 Å². The third-order valence-corrected chi connectivity index (χ3v) is 7.24. The summed E-state index contributed by atoms with van der Waals surface area (Å²) in [6.45, 7) is 0.787. The molecule has 0 spiro atoms. The van der Waals surface area contributed by atoms with Crippen LogP contribution in [0.15, 0.2) is 24.3 Å². The van der Waals surface area contributed by atoms with Crippen LogP contribution in [0.2, 0.25) is 0 Å². The Kier molecular flexibility index (Phi) is 5.92. The highest BCUT2D eigenvalue weighted by Crippen LogP contribution is 2.38. The number of para-hydroxylation sites is 1. The van der Waals surface area contributed by atoms with E-state index in [2.05, 4.69) is 6.07 Å². The number of carbonyl (C=O) groups is 2. The van der Waals surface area contributed by atoms with Gasteiger partial charge in [-0.1, -0.05) is 37.8 Å². The minimum atomic E-state index is -0.353. The first kappa shape index (κ1) is 19.3. The standard InChI is InChI=1S/C21H27N3O3S/c25-14-23(27)13-16(12-15-6-1-2-7-15)21(26)24-11-5-9-18(24)20-22-17-8-3-4-10-19(17)28-20/h3-4,8,10,14-16,18,27H,1-2,5-7,9,11-13H2/t16-,18-/m0/s1. The van der Waals surface area contributed by atoms with E-state index >= 15 is 0 Å². The van der Waals surface area contributed by atoms with Gasteiger partial charge in [0, 0.05) is 6.54 Å². The SMILES string of the molecule is O=CN(O)C[C@H](CC1CCCC1)C(=O)N1CCC[C@H]1c1nc2ccccc2s1. The van der Waals surface area contributed by atoms with Crippen LogP contribution in [0, 0.1) is 11.8 Å². The molecule has 7 heteroatoms. The molecule has 1 aliphatic heterocycles. The quantitative estimate of drug-likeness (QED) is 0.432. The van der Waals surface area contributed by atoms with Gasteiger partial charge in [0.25, 0.3) is 0 Å². The maximum atomic E-state index is 13.4. The van der Waals surface area contributed by atoms with E-state index in [0.717, 1.165) is 47.3 Å². The summed E-state index contributed by atoms with van der Waals surface area (Å²) in [7, 11) is 0. The molecule has 150 valence electrons. The van der Waals surface area contributed by atoms with E-state index in [1.165, 1.54) is 12.8 Å². The van der Waals surface area contributed by atoms with Crippen LogP contribution in [0.3, 0.4) is 0 Å². The predicted molar refractivity (Wildman–Crippen MR) is 108 cm³/mol. The molecule has 1 aromatic carbocycles. The molecule has 2 heterocycles. The van der Waals surface area contributed by atoms with Crippen molar-refractivity contribution in [1.29, 1.82) is 0 Å². The number of amides is 2. The van der Waals surface area contributed by atoms with Gasteiger partial charge in [-0.15, -0.1) is 11.3 Å². The summed E-state index contributed by atoms with van der Waals surface area (Å²) >= 11 is 1.66. The van der Waals surface area contributed by atoms with Gasteiger partial charge in [-0.25, -0.2) is 10.0 Å². The van der Waals surface area contributed by atoms with E-state index in [1.807, 2.05) is 23.1 Å². The van der Waals surface area contributed by atoms with Gasteiger partial charge in [-0.3, -0.25) is 14.8 Å². The third-order valence-electron chi connectivity index (χ3n) is 6.10. The summed E-state index contributed by atoms with van der Waals surface area (Å²) in [5.41, 5.74) is 0.979. The van der Waals surface area contributed by atoms with Crippen molar-refractivity contribution in [3.05, 3.63) is 29.3 Å². The lowest BCUT2D eigenvalue weighted by molar-refractivity contribution is -0.157. The highest BCUT2D eigenvalue weighted by atomic mass is 32.1. The normalized spacial score (nSPS) is 21.3. The van der Waals surface area contributed by atoms with E-state index in [1.54, 1.807) is 11.3 Å². The van der Waals surface area contributed by atoms with Gasteiger partial charge in [0.15, 0.2) is 0 Å². The Labute approximate surface area is 169 Å². The van der Waals surface area contributed by atoms with Crippen LogP contribution in [0.5, 0.6) is 0 Å². The molecule has 2 atom stereocenters. The summed E-state index contributed by atoms with van der Waals surface area (Å²) < 4.78 is 1.14. The van der Waals surface area contributed by atoms with Crippen LogP contribution >= 0.6 is 11.3 Å². The molecule has 2 aliphatic rings. The van der Waals surface area contributed by atoms with Crippen molar-refractivity contribution in [3.63, 3.8) is 0 Å². The Balaban J connectivity index is 1.54. The minimum absolute atomic E-state index is 0.000600. The first-order valence-electron chi connectivity index (χ1n) is 10.2. The molecule has 2 amide bonds. The molecule has 28 heavy (non-hydrogen) atoms. The van der Waals surface area contributed by atoms with E-state index in [4.69, 9.17) is 4.98 Å². The monoisotopic (exact) mass is 401 g/mol. The minimum Gasteiger partial charge on any atom is -0.333 e. The molecule has 1 aromatic heterocycles. The molecule has 0 bridgehead atoms. The Hall–Kier alpha value is -1.99. The first-order chi connectivity index (χ1) is 13.7. The van der Waals surface area contributed by atoms with E-state index in [0.29, 0.717) is 23.9 Å². The molecule has 6 nitrogen and oxygen atoms in total. The zero-order valence-corrected chi connectivity index (χ0v) is 16.8. The fraction of sp³-hybridized carbons (Fsp3) is 0.571. The van der Waals surface area contributed by atoms with Crippen molar-refractivity contribution >= 4 is 33.9 Å². The second-order valence-corrected chi connectivity index (χ2v) is 9.08. The summed E-state index contributed by atoms with van der Waals surface area (Å²) in [6.07, 6.45) is 7.70. The van der Waals surface area contributed by atoms with E-state index in [9.17, 15) is 14.8 Å². The topological polar surface area (TPSA) is 73.7 Å². The lowest BCUT2D eigenvalue weighted by Crippen LogP contribution is -2.41. The number of likely N-dealkylation sites (tertiary alicyclic amines) is 1. The highest BCUT2D eigenvalue weighted by molar-refractivity contribution is 7.18. The molecular formula is C21H27N3O3S. The van der Waals surface area contributed by atoms with Crippen LogP contribution in [0.4, 0.5) is 0 Å². The van der Waals surface area contributed by atoms with Gasteiger partial charge < -0.3 is 4.90 Å². The molecule has 1 saturated carbocycles. The Bertz CT molecular complexity index is 800. The molecule has 1 N–H and O–H groups in total. The van der Waals surface area contributed by atoms with Crippen molar-refractivity contribution in [2.24, 2.45) is 11.8 Å². The lowest BCUT2D eigenvalue weighted by atomic mass is 9.91. The number of rotatable bonds is 7. The zero-order valence-electron chi connectivity index (χ0n) is 16.0. The molecule has 0 unspecified atom stereocenters. The summed E-state index contributed by atoms with van der Waals surface area (Å²) in [5, 5.41) is 11.4. The number of nitrogens with zero attached hydrogens (tertiary/aromatic N) is 3. The molecule has 1 saturated heterocycles. The molecule has 4 rings (SSSR count). The van der Waals surface area contributed by atoms with Crippen molar-refractivity contribution < 1.29 is 14.8 Å². The number of hydrogen-bond donors (Lipinski definition) is 1. The van der Waals surface area contributed by atoms with Gasteiger partial charge in [0.1, 0.15) is 5.01 Å². The fourth-order valence-electron chi connectivity index (χ4n) is 4.73. The smallest absolute Gasteiger partial charge is 0.233 e. The number of hydrogen-bond acceptors (Lipinski definition) is 5. The van der Waals surface area contributed by atoms with Crippen LogP contribution in [0.1, 0.15) is 56.0 Å². The number of thiazole rings is 1. The average molecular weight is 402 g/mol. The molecule has 1 aliphatic carbocycles.